The maximum Gasteiger partial charge on any atom is 0.320 e. The number of benzene rings is 1. The zero-order valence-electron chi connectivity index (χ0n) is 16.1. The monoisotopic (exact) mass is 420 g/mol. The van der Waals surface area contributed by atoms with Crippen LogP contribution in [0, 0.1) is 0 Å². The molecule has 1 N–H and O–H groups in total. The highest BCUT2D eigenvalue weighted by molar-refractivity contribution is 8.00. The van der Waals surface area contributed by atoms with Gasteiger partial charge in [-0.3, -0.25) is 9.59 Å². The van der Waals surface area contributed by atoms with Gasteiger partial charge in [0, 0.05) is 37.6 Å². The number of carbonyl (C=O) groups is 2. The molecule has 150 valence electrons. The molecular formula is C20H26N3O3S2+. The molecule has 0 aliphatic carbocycles. The minimum absolute atomic E-state index is 0.155. The first kappa shape index (κ1) is 19.7. The van der Waals surface area contributed by atoms with Gasteiger partial charge in [0.25, 0.3) is 5.91 Å². The van der Waals surface area contributed by atoms with E-state index in [0.717, 1.165) is 43.7 Å². The van der Waals surface area contributed by atoms with E-state index in [2.05, 4.69) is 18.2 Å². The Balaban J connectivity index is 1.29. The quantitative estimate of drug-likeness (QED) is 0.753. The fourth-order valence-electron chi connectivity index (χ4n) is 3.99. The lowest BCUT2D eigenvalue weighted by Crippen LogP contribution is -3.14. The maximum atomic E-state index is 12.7. The summed E-state index contributed by atoms with van der Waals surface area (Å²) >= 11 is 3.39. The number of thiazole rings is 1. The molecule has 0 unspecified atom stereocenters. The average molecular weight is 421 g/mol. The van der Waals surface area contributed by atoms with Gasteiger partial charge in [-0.2, -0.15) is 0 Å². The highest BCUT2D eigenvalue weighted by Gasteiger charge is 2.32. The largest absolute Gasteiger partial charge is 0.468 e. The Bertz CT molecular complexity index is 815. The number of nitrogens with zero attached hydrogens (tertiary/aromatic N) is 2. The van der Waals surface area contributed by atoms with E-state index >= 15 is 0 Å². The molecule has 1 amide bonds. The Morgan fingerprint density at radius 2 is 2.07 bits per heavy atom. The first-order valence-electron chi connectivity index (χ1n) is 9.80. The van der Waals surface area contributed by atoms with Gasteiger partial charge in [0.2, 0.25) is 0 Å². The molecule has 2 aromatic rings. The fourth-order valence-corrected chi connectivity index (χ4v) is 6.25. The maximum absolute atomic E-state index is 12.7. The van der Waals surface area contributed by atoms with Crippen LogP contribution in [0.2, 0.25) is 0 Å². The van der Waals surface area contributed by atoms with Gasteiger partial charge in [0.1, 0.15) is 5.25 Å². The van der Waals surface area contributed by atoms with Gasteiger partial charge in [0.05, 0.1) is 35.4 Å². The minimum atomic E-state index is -0.248. The lowest BCUT2D eigenvalue weighted by molar-refractivity contribution is -0.897. The van der Waals surface area contributed by atoms with Crippen molar-refractivity contribution in [1.82, 2.24) is 9.88 Å². The van der Waals surface area contributed by atoms with Crippen molar-refractivity contribution in [3.8, 4) is 0 Å². The summed E-state index contributed by atoms with van der Waals surface area (Å²) in [4.78, 5) is 32.5. The lowest BCUT2D eigenvalue weighted by atomic mass is 9.97. The van der Waals surface area contributed by atoms with Gasteiger partial charge in [-0.15, -0.1) is 23.1 Å². The molecule has 1 aromatic heterocycles. The summed E-state index contributed by atoms with van der Waals surface area (Å²) in [5, 5.41) is 0.989. The predicted molar refractivity (Wildman–Crippen MR) is 112 cm³/mol. The highest BCUT2D eigenvalue weighted by atomic mass is 32.2. The number of methoxy groups -OCH3 is 1. The number of thioether (sulfide) groups is 1. The molecule has 2 aliphatic rings. The lowest BCUT2D eigenvalue weighted by Gasteiger charge is -2.33. The van der Waals surface area contributed by atoms with Crippen molar-refractivity contribution in [2.75, 3.05) is 45.6 Å². The van der Waals surface area contributed by atoms with Crippen LogP contribution in [0.3, 0.4) is 0 Å². The SMILES string of the molecule is COC(=O)[C@H]1CN(C(=O)C[NH+]2CCC(c3nc4ccccc4s3)CC2)CCS1. The van der Waals surface area contributed by atoms with E-state index < -0.39 is 0 Å². The van der Waals surface area contributed by atoms with Crippen LogP contribution in [0.5, 0.6) is 0 Å². The second-order valence-corrected chi connectivity index (χ2v) is 9.82. The minimum Gasteiger partial charge on any atom is -0.468 e. The number of nitrogens with one attached hydrogen (secondary N) is 1. The Kier molecular flexibility index (Phi) is 6.18. The van der Waals surface area contributed by atoms with Gasteiger partial charge in [-0.1, -0.05) is 12.1 Å². The van der Waals surface area contributed by atoms with Gasteiger partial charge in [-0.25, -0.2) is 4.98 Å². The van der Waals surface area contributed by atoms with E-state index in [1.54, 1.807) is 23.1 Å². The van der Waals surface area contributed by atoms with Crippen LogP contribution in [-0.2, 0) is 14.3 Å². The first-order chi connectivity index (χ1) is 13.6. The Morgan fingerprint density at radius 3 is 2.82 bits per heavy atom. The van der Waals surface area contributed by atoms with Crippen molar-refractivity contribution in [2.45, 2.75) is 24.0 Å². The number of aromatic nitrogens is 1. The molecule has 6 nitrogen and oxygen atoms in total. The zero-order chi connectivity index (χ0) is 19.5. The van der Waals surface area contributed by atoms with Crippen molar-refractivity contribution in [2.24, 2.45) is 0 Å². The van der Waals surface area contributed by atoms with E-state index in [-0.39, 0.29) is 17.1 Å². The Morgan fingerprint density at radius 1 is 1.29 bits per heavy atom. The summed E-state index contributed by atoms with van der Waals surface area (Å²) in [6.45, 7) is 3.70. The molecule has 0 saturated carbocycles. The van der Waals surface area contributed by atoms with E-state index in [9.17, 15) is 9.59 Å². The molecule has 4 rings (SSSR count). The van der Waals surface area contributed by atoms with Gasteiger partial charge < -0.3 is 14.5 Å². The smallest absolute Gasteiger partial charge is 0.320 e. The molecule has 8 heteroatoms. The number of quaternary nitrogens is 1. The van der Waals surface area contributed by atoms with Crippen molar-refractivity contribution in [3.05, 3.63) is 29.3 Å². The van der Waals surface area contributed by atoms with Gasteiger partial charge in [0.15, 0.2) is 6.54 Å². The molecule has 28 heavy (non-hydrogen) atoms. The summed E-state index contributed by atoms with van der Waals surface area (Å²) in [5.74, 6) is 1.22. The van der Waals surface area contributed by atoms with Crippen molar-refractivity contribution in [1.29, 1.82) is 0 Å². The number of hydrogen-bond donors (Lipinski definition) is 1. The topological polar surface area (TPSA) is 63.9 Å². The van der Waals surface area contributed by atoms with Crippen LogP contribution in [0.1, 0.15) is 23.8 Å². The molecule has 0 radical (unpaired) electrons. The molecule has 1 aromatic carbocycles. The standard InChI is InChI=1S/C20H25N3O3S2/c1-26-20(25)17-12-23(10-11-27-17)18(24)13-22-8-6-14(7-9-22)19-21-15-4-2-3-5-16(15)28-19/h2-5,14,17H,6-13H2,1H3/p+1/t17-/m1/s1. The number of rotatable bonds is 4. The van der Waals surface area contributed by atoms with Crippen LogP contribution >= 0.6 is 23.1 Å². The highest BCUT2D eigenvalue weighted by Crippen LogP contribution is 2.31. The summed E-state index contributed by atoms with van der Waals surface area (Å²) < 4.78 is 6.09. The number of amides is 1. The van der Waals surface area contributed by atoms with E-state index in [4.69, 9.17) is 9.72 Å². The van der Waals surface area contributed by atoms with Crippen molar-refractivity contribution in [3.63, 3.8) is 0 Å². The van der Waals surface area contributed by atoms with Crippen molar-refractivity contribution >= 4 is 45.2 Å². The average Bonchev–Trinajstić information content (AvgIpc) is 3.18. The second-order valence-electron chi connectivity index (χ2n) is 7.44. The van der Waals surface area contributed by atoms with Crippen LogP contribution < -0.4 is 4.90 Å². The molecule has 1 atom stereocenters. The van der Waals surface area contributed by atoms with E-state index in [1.165, 1.54) is 21.7 Å². The normalized spacial score (nSPS) is 25.6. The van der Waals surface area contributed by atoms with Crippen LogP contribution in [-0.4, -0.2) is 72.6 Å². The summed E-state index contributed by atoms with van der Waals surface area (Å²) in [5.41, 5.74) is 1.09. The number of hydrogen-bond acceptors (Lipinski definition) is 6. The number of likely N-dealkylation sites (tertiary alicyclic amines) is 1. The summed E-state index contributed by atoms with van der Waals surface area (Å²) in [6.07, 6.45) is 2.14. The Labute approximate surface area is 173 Å². The molecule has 2 fully saturated rings. The van der Waals surface area contributed by atoms with E-state index in [1.807, 2.05) is 11.0 Å². The third-order valence-electron chi connectivity index (χ3n) is 5.64. The summed E-state index contributed by atoms with van der Waals surface area (Å²) in [7, 11) is 1.41. The number of esters is 1. The number of piperidine rings is 1. The van der Waals surface area contributed by atoms with Crippen LogP contribution in [0.4, 0.5) is 0 Å². The van der Waals surface area contributed by atoms with Crippen LogP contribution in [0.25, 0.3) is 10.2 Å². The summed E-state index contributed by atoms with van der Waals surface area (Å²) in [6, 6.07) is 8.31. The zero-order valence-corrected chi connectivity index (χ0v) is 17.7. The molecule has 0 spiro atoms. The van der Waals surface area contributed by atoms with Crippen LogP contribution in [0.15, 0.2) is 24.3 Å². The molecular weight excluding hydrogens is 394 g/mol. The predicted octanol–water partition coefficient (Wildman–Crippen LogP) is 1.18. The third kappa shape index (κ3) is 4.34. The Hall–Kier alpha value is -1.64. The number of para-hydroxylation sites is 1. The first-order valence-corrected chi connectivity index (χ1v) is 11.7. The molecule has 3 heterocycles. The second kappa shape index (κ2) is 8.80. The third-order valence-corrected chi connectivity index (χ3v) is 8.00. The molecule has 2 saturated heterocycles. The van der Waals surface area contributed by atoms with Gasteiger partial charge >= 0.3 is 5.97 Å². The number of fused-ring (bicyclic) bond motifs is 1. The molecule has 0 bridgehead atoms. The van der Waals surface area contributed by atoms with Crippen molar-refractivity contribution < 1.29 is 19.2 Å². The van der Waals surface area contributed by atoms with E-state index in [0.29, 0.717) is 19.0 Å². The number of ether oxygens (including phenoxy) is 1. The van der Waals surface area contributed by atoms with Gasteiger partial charge in [-0.05, 0) is 12.1 Å². The molecule has 2 aliphatic heterocycles. The fraction of sp³-hybridized carbons (Fsp3) is 0.550. The number of carbonyl (C=O) groups excluding carboxylic acids is 2.